The molecule has 1 unspecified atom stereocenters. The Bertz CT molecular complexity index is 604. The van der Waals surface area contributed by atoms with E-state index in [0.717, 1.165) is 11.3 Å². The average molecular weight is 256 g/mol. The largest absolute Gasteiger partial charge is 0.493 e. The second-order valence-electron chi connectivity index (χ2n) is 4.60. The minimum absolute atomic E-state index is 0.0238. The highest BCUT2D eigenvalue weighted by Crippen LogP contribution is 2.35. The molecule has 0 aliphatic carbocycles. The van der Waals surface area contributed by atoms with Crippen molar-refractivity contribution in [2.24, 2.45) is 0 Å². The second kappa shape index (κ2) is 4.84. The van der Waals surface area contributed by atoms with E-state index in [2.05, 4.69) is 0 Å². The molecule has 96 valence electrons. The minimum Gasteiger partial charge on any atom is -0.493 e. The van der Waals surface area contributed by atoms with E-state index in [-0.39, 0.29) is 17.5 Å². The predicted octanol–water partition coefficient (Wildman–Crippen LogP) is 3.57. The summed E-state index contributed by atoms with van der Waals surface area (Å²) in [6, 6.07) is 13.3. The Morgan fingerprint density at radius 2 is 1.84 bits per heavy atom. The maximum atomic E-state index is 12.9. The van der Waals surface area contributed by atoms with Gasteiger partial charge in [-0.1, -0.05) is 18.2 Å². The summed E-state index contributed by atoms with van der Waals surface area (Å²) in [5.41, 5.74) is 1.46. The fraction of sp³-hybridized carbons (Fsp3) is 0.188. The maximum absolute atomic E-state index is 12.9. The molecule has 19 heavy (non-hydrogen) atoms. The van der Waals surface area contributed by atoms with Crippen LogP contribution in [0, 0.1) is 5.82 Å². The molecule has 0 N–H and O–H groups in total. The smallest absolute Gasteiger partial charge is 0.170 e. The third kappa shape index (κ3) is 2.24. The number of rotatable bonds is 2. The van der Waals surface area contributed by atoms with Crippen LogP contribution in [0.25, 0.3) is 0 Å². The molecule has 0 aromatic heterocycles. The van der Waals surface area contributed by atoms with Crippen LogP contribution in [0.2, 0.25) is 0 Å². The Balaban J connectivity index is 1.95. The molecule has 0 radical (unpaired) electrons. The van der Waals surface area contributed by atoms with Crippen molar-refractivity contribution < 1.29 is 13.9 Å². The van der Waals surface area contributed by atoms with Crippen molar-refractivity contribution in [3.63, 3.8) is 0 Å². The van der Waals surface area contributed by atoms with E-state index in [1.165, 1.54) is 24.3 Å². The monoisotopic (exact) mass is 256 g/mol. The van der Waals surface area contributed by atoms with Crippen LogP contribution < -0.4 is 4.74 Å². The van der Waals surface area contributed by atoms with Gasteiger partial charge in [0.25, 0.3) is 0 Å². The van der Waals surface area contributed by atoms with Gasteiger partial charge in [0, 0.05) is 11.1 Å². The van der Waals surface area contributed by atoms with Crippen LogP contribution >= 0.6 is 0 Å². The lowest BCUT2D eigenvalue weighted by molar-refractivity contribution is 0.0933. The van der Waals surface area contributed by atoms with Gasteiger partial charge in [0.2, 0.25) is 0 Å². The molecule has 0 bridgehead atoms. The first-order valence-corrected chi connectivity index (χ1v) is 6.27. The molecule has 3 rings (SSSR count). The number of benzene rings is 2. The van der Waals surface area contributed by atoms with Gasteiger partial charge in [-0.2, -0.15) is 0 Å². The van der Waals surface area contributed by atoms with Crippen molar-refractivity contribution in [1.82, 2.24) is 0 Å². The molecule has 2 aromatic rings. The number of halogens is 1. The number of hydrogen-bond acceptors (Lipinski definition) is 2. The number of para-hydroxylation sites is 1. The molecule has 0 saturated heterocycles. The van der Waals surface area contributed by atoms with Crippen LogP contribution in [-0.2, 0) is 0 Å². The molecule has 1 atom stereocenters. The van der Waals surface area contributed by atoms with Gasteiger partial charge in [-0.05, 0) is 36.8 Å². The number of hydrogen-bond donors (Lipinski definition) is 0. The van der Waals surface area contributed by atoms with Gasteiger partial charge in [-0.3, -0.25) is 4.79 Å². The summed E-state index contributed by atoms with van der Waals surface area (Å²) in [6.07, 6.45) is 0.660. The summed E-state index contributed by atoms with van der Waals surface area (Å²) in [7, 11) is 0. The maximum Gasteiger partial charge on any atom is 0.170 e. The first-order chi connectivity index (χ1) is 9.25. The topological polar surface area (TPSA) is 26.3 Å². The second-order valence-corrected chi connectivity index (χ2v) is 4.60. The molecular weight excluding hydrogens is 243 g/mol. The van der Waals surface area contributed by atoms with Gasteiger partial charge in [-0.25, -0.2) is 4.39 Å². The van der Waals surface area contributed by atoms with E-state index in [1.54, 1.807) is 0 Å². The van der Waals surface area contributed by atoms with Gasteiger partial charge in [0.15, 0.2) is 5.78 Å². The van der Waals surface area contributed by atoms with E-state index in [9.17, 15) is 9.18 Å². The van der Waals surface area contributed by atoms with Crippen molar-refractivity contribution in [2.75, 3.05) is 6.61 Å². The lowest BCUT2D eigenvalue weighted by Crippen LogP contribution is -2.21. The van der Waals surface area contributed by atoms with E-state index in [0.29, 0.717) is 18.6 Å². The first-order valence-electron chi connectivity index (χ1n) is 6.27. The van der Waals surface area contributed by atoms with Crippen LogP contribution in [0.4, 0.5) is 4.39 Å². The Labute approximate surface area is 110 Å². The summed E-state index contributed by atoms with van der Waals surface area (Å²) in [5.74, 6) is 0.268. The van der Waals surface area contributed by atoms with Crippen molar-refractivity contribution >= 4 is 5.78 Å². The Hall–Kier alpha value is -2.16. The Morgan fingerprint density at radius 3 is 2.63 bits per heavy atom. The lowest BCUT2D eigenvalue weighted by atomic mass is 9.86. The lowest BCUT2D eigenvalue weighted by Gasteiger charge is -2.24. The Morgan fingerprint density at radius 1 is 1.11 bits per heavy atom. The van der Waals surface area contributed by atoms with Crippen molar-refractivity contribution in [3.05, 3.63) is 65.5 Å². The third-order valence-corrected chi connectivity index (χ3v) is 3.40. The summed E-state index contributed by atoms with van der Waals surface area (Å²) in [5, 5.41) is 0. The van der Waals surface area contributed by atoms with Crippen LogP contribution in [0.3, 0.4) is 0 Å². The van der Waals surface area contributed by atoms with Gasteiger partial charge in [-0.15, -0.1) is 0 Å². The van der Waals surface area contributed by atoms with Crippen LogP contribution in [0.15, 0.2) is 48.5 Å². The van der Waals surface area contributed by atoms with Gasteiger partial charge in [0.05, 0.1) is 12.5 Å². The van der Waals surface area contributed by atoms with Crippen molar-refractivity contribution in [1.29, 1.82) is 0 Å². The summed E-state index contributed by atoms with van der Waals surface area (Å²) in [6.45, 7) is 0.536. The molecule has 0 fully saturated rings. The molecule has 0 spiro atoms. The SMILES string of the molecule is O=C(c1ccc(F)cc1)C1CCOc2ccccc21. The number of ether oxygens (including phenoxy) is 1. The summed E-state index contributed by atoms with van der Waals surface area (Å²) >= 11 is 0. The molecule has 0 saturated carbocycles. The molecule has 1 heterocycles. The third-order valence-electron chi connectivity index (χ3n) is 3.40. The van der Waals surface area contributed by atoms with Gasteiger partial charge in [0.1, 0.15) is 11.6 Å². The highest BCUT2D eigenvalue weighted by atomic mass is 19.1. The summed E-state index contributed by atoms with van der Waals surface area (Å²) < 4.78 is 18.4. The molecule has 0 amide bonds. The fourth-order valence-electron chi connectivity index (χ4n) is 2.43. The van der Waals surface area contributed by atoms with E-state index in [1.807, 2.05) is 24.3 Å². The number of Topliss-reactive ketones (excluding diaryl/α,β-unsaturated/α-hetero) is 1. The van der Waals surface area contributed by atoms with Crippen molar-refractivity contribution in [3.8, 4) is 5.75 Å². The molecule has 1 aliphatic heterocycles. The van der Waals surface area contributed by atoms with Crippen LogP contribution in [0.1, 0.15) is 28.3 Å². The van der Waals surface area contributed by atoms with E-state index in [4.69, 9.17) is 4.74 Å². The normalized spacial score (nSPS) is 17.4. The van der Waals surface area contributed by atoms with Gasteiger partial charge >= 0.3 is 0 Å². The van der Waals surface area contributed by atoms with Gasteiger partial charge < -0.3 is 4.74 Å². The van der Waals surface area contributed by atoms with E-state index < -0.39 is 0 Å². The number of ketones is 1. The van der Waals surface area contributed by atoms with E-state index >= 15 is 0 Å². The quantitative estimate of drug-likeness (QED) is 0.768. The fourth-order valence-corrected chi connectivity index (χ4v) is 2.43. The zero-order valence-corrected chi connectivity index (χ0v) is 10.3. The predicted molar refractivity (Wildman–Crippen MR) is 70.0 cm³/mol. The molecular formula is C16H13FO2. The molecule has 1 aliphatic rings. The van der Waals surface area contributed by atoms with Crippen LogP contribution in [-0.4, -0.2) is 12.4 Å². The number of fused-ring (bicyclic) bond motifs is 1. The molecule has 2 aromatic carbocycles. The summed E-state index contributed by atoms with van der Waals surface area (Å²) in [4.78, 5) is 12.5. The highest BCUT2D eigenvalue weighted by molar-refractivity contribution is 6.01. The zero-order chi connectivity index (χ0) is 13.2. The van der Waals surface area contributed by atoms with Crippen molar-refractivity contribution in [2.45, 2.75) is 12.3 Å². The number of carbonyl (C=O) groups is 1. The first kappa shape index (κ1) is 11.9. The van der Waals surface area contributed by atoms with Crippen LogP contribution in [0.5, 0.6) is 5.75 Å². The standard InChI is InChI=1S/C16H13FO2/c17-12-7-5-11(6-8-12)16(18)14-9-10-19-15-4-2-1-3-13(14)15/h1-8,14H,9-10H2. The highest BCUT2D eigenvalue weighted by Gasteiger charge is 2.27. The zero-order valence-electron chi connectivity index (χ0n) is 10.3. The minimum atomic E-state index is -0.330. The molecule has 3 heteroatoms. The average Bonchev–Trinajstić information content (AvgIpc) is 2.47. The Kier molecular flexibility index (Phi) is 3.03. The molecule has 2 nitrogen and oxygen atoms in total. The number of carbonyl (C=O) groups excluding carboxylic acids is 1.